The molecule has 76 valence electrons. The molecule has 0 atom stereocenters. The highest BCUT2D eigenvalue weighted by molar-refractivity contribution is 8.13. The fourth-order valence-electron chi connectivity index (χ4n) is 0.916. The van der Waals surface area contributed by atoms with Gasteiger partial charge in [-0.15, -0.1) is 11.8 Å². The van der Waals surface area contributed by atoms with Gasteiger partial charge in [-0.05, 0) is 24.0 Å². The maximum atomic E-state index is 5.46. The number of amidine groups is 1. The summed E-state index contributed by atoms with van der Waals surface area (Å²) in [6.45, 7) is 0. The number of hydrogen-bond acceptors (Lipinski definition) is 4. The molecule has 0 radical (unpaired) electrons. The quantitative estimate of drug-likeness (QED) is 0.272. The van der Waals surface area contributed by atoms with E-state index in [1.54, 1.807) is 11.8 Å². The lowest BCUT2D eigenvalue weighted by atomic mass is 10.2. The molecule has 0 unspecified atom stereocenters. The Bertz CT molecular complexity index is 308. The normalized spacial score (nSPS) is 11.6. The van der Waals surface area contributed by atoms with E-state index in [2.05, 4.69) is 35.6 Å². The maximum absolute atomic E-state index is 5.46. The third-order valence-corrected chi connectivity index (χ3v) is 3.30. The Morgan fingerprint density at radius 3 is 2.50 bits per heavy atom. The Kier molecular flexibility index (Phi) is 4.69. The number of thioether (sulfide) groups is 2. The Morgan fingerprint density at radius 2 is 2.00 bits per heavy atom. The van der Waals surface area contributed by atoms with Gasteiger partial charge in [-0.2, -0.15) is 5.10 Å². The lowest BCUT2D eigenvalue weighted by Gasteiger charge is -2.01. The zero-order chi connectivity index (χ0) is 10.4. The second kappa shape index (κ2) is 5.82. The van der Waals surface area contributed by atoms with Crippen LogP contribution in [0.5, 0.6) is 0 Å². The first-order valence-corrected chi connectivity index (χ1v) is 6.26. The molecule has 0 saturated carbocycles. The Labute approximate surface area is 92.3 Å². The Morgan fingerprint density at radius 1 is 1.36 bits per heavy atom. The van der Waals surface area contributed by atoms with Gasteiger partial charge >= 0.3 is 0 Å². The second-order valence-electron chi connectivity index (χ2n) is 2.60. The van der Waals surface area contributed by atoms with Crippen LogP contribution in [0, 0.1) is 0 Å². The van der Waals surface area contributed by atoms with Crippen LogP contribution >= 0.6 is 23.5 Å². The lowest BCUT2D eigenvalue weighted by Crippen LogP contribution is -2.09. The predicted octanol–water partition coefficient (Wildman–Crippen LogP) is 1.83. The van der Waals surface area contributed by atoms with Gasteiger partial charge in [-0.1, -0.05) is 23.9 Å². The molecule has 0 saturated heterocycles. The average molecular weight is 227 g/mol. The molecule has 3 nitrogen and oxygen atoms in total. The van der Waals surface area contributed by atoms with Crippen molar-refractivity contribution in [3.05, 3.63) is 29.8 Å². The van der Waals surface area contributed by atoms with Crippen molar-refractivity contribution in [1.29, 1.82) is 0 Å². The minimum atomic E-state index is 0.416. The summed E-state index contributed by atoms with van der Waals surface area (Å²) in [6.07, 6.45) is 2.06. The molecule has 0 aliphatic rings. The van der Waals surface area contributed by atoms with Crippen molar-refractivity contribution in [2.45, 2.75) is 10.6 Å². The van der Waals surface area contributed by atoms with E-state index >= 15 is 0 Å². The van der Waals surface area contributed by atoms with E-state index in [0.29, 0.717) is 5.17 Å². The molecule has 0 heterocycles. The third kappa shape index (κ3) is 3.51. The van der Waals surface area contributed by atoms with Gasteiger partial charge in [0.2, 0.25) is 0 Å². The van der Waals surface area contributed by atoms with Crippen LogP contribution < -0.4 is 11.6 Å². The molecule has 4 N–H and O–H groups in total. The van der Waals surface area contributed by atoms with E-state index in [1.807, 2.05) is 0 Å². The van der Waals surface area contributed by atoms with Gasteiger partial charge in [0, 0.05) is 10.6 Å². The van der Waals surface area contributed by atoms with Crippen LogP contribution in [-0.4, -0.2) is 11.4 Å². The van der Waals surface area contributed by atoms with Crippen molar-refractivity contribution < 1.29 is 0 Å². The van der Waals surface area contributed by atoms with Crippen molar-refractivity contribution in [1.82, 2.24) is 0 Å². The van der Waals surface area contributed by atoms with Gasteiger partial charge in [0.15, 0.2) is 5.17 Å². The third-order valence-electron chi connectivity index (χ3n) is 1.67. The maximum Gasteiger partial charge on any atom is 0.177 e. The summed E-state index contributed by atoms with van der Waals surface area (Å²) in [6, 6.07) is 8.36. The van der Waals surface area contributed by atoms with Crippen molar-refractivity contribution in [3.8, 4) is 0 Å². The number of benzene rings is 1. The molecule has 0 aliphatic carbocycles. The first kappa shape index (κ1) is 11.3. The Hall–Kier alpha value is -0.810. The number of hydrogen-bond donors (Lipinski definition) is 2. The molecule has 0 spiro atoms. The smallest absolute Gasteiger partial charge is 0.177 e. The van der Waals surface area contributed by atoms with E-state index < -0.39 is 0 Å². The van der Waals surface area contributed by atoms with Crippen LogP contribution in [0.3, 0.4) is 0 Å². The summed E-state index contributed by atoms with van der Waals surface area (Å²) in [5, 5.41) is 3.81. The summed E-state index contributed by atoms with van der Waals surface area (Å²) in [4.78, 5) is 1.26. The molecule has 0 amide bonds. The standard InChI is InChI=1S/C9H13N3S2/c1-13-8-4-2-7(3-5-8)6-14-9(10)12-11/h2-5H,6,11H2,1H3,(H2,10,12). The average Bonchev–Trinajstić information content (AvgIpc) is 2.26. The highest BCUT2D eigenvalue weighted by Crippen LogP contribution is 2.17. The van der Waals surface area contributed by atoms with E-state index in [9.17, 15) is 0 Å². The first-order valence-electron chi connectivity index (χ1n) is 4.05. The highest BCUT2D eigenvalue weighted by atomic mass is 32.2. The van der Waals surface area contributed by atoms with Crippen LogP contribution in [0.4, 0.5) is 0 Å². The minimum absolute atomic E-state index is 0.416. The molecular weight excluding hydrogens is 214 g/mol. The zero-order valence-electron chi connectivity index (χ0n) is 7.93. The van der Waals surface area contributed by atoms with Gasteiger partial charge in [0.1, 0.15) is 0 Å². The summed E-state index contributed by atoms with van der Waals surface area (Å²) < 4.78 is 0. The molecule has 5 heteroatoms. The highest BCUT2D eigenvalue weighted by Gasteiger charge is 1.96. The van der Waals surface area contributed by atoms with Crippen LogP contribution in [-0.2, 0) is 5.75 Å². The van der Waals surface area contributed by atoms with Crippen molar-refractivity contribution in [3.63, 3.8) is 0 Å². The summed E-state index contributed by atoms with van der Waals surface area (Å²) in [7, 11) is 0. The van der Waals surface area contributed by atoms with Crippen LogP contribution in [0.2, 0.25) is 0 Å². The van der Waals surface area contributed by atoms with Crippen molar-refractivity contribution in [2.24, 2.45) is 16.7 Å². The van der Waals surface area contributed by atoms with Crippen LogP contribution in [0.15, 0.2) is 34.3 Å². The topological polar surface area (TPSA) is 64.4 Å². The largest absolute Gasteiger partial charge is 0.377 e. The van der Waals surface area contributed by atoms with Gasteiger partial charge in [0.05, 0.1) is 0 Å². The second-order valence-corrected chi connectivity index (χ2v) is 4.48. The van der Waals surface area contributed by atoms with E-state index in [1.165, 1.54) is 22.2 Å². The number of nitrogens with zero attached hydrogens (tertiary/aromatic N) is 1. The molecule has 1 aromatic carbocycles. The minimum Gasteiger partial charge on any atom is -0.377 e. The fraction of sp³-hybridized carbons (Fsp3) is 0.222. The summed E-state index contributed by atoms with van der Waals surface area (Å²) >= 11 is 3.17. The molecule has 1 rings (SSSR count). The number of nitrogens with two attached hydrogens (primary N) is 2. The summed E-state index contributed by atoms with van der Waals surface area (Å²) in [5.41, 5.74) is 6.68. The van der Waals surface area contributed by atoms with E-state index in [4.69, 9.17) is 11.6 Å². The van der Waals surface area contributed by atoms with Gasteiger partial charge in [-0.25, -0.2) is 0 Å². The summed E-state index contributed by atoms with van der Waals surface area (Å²) in [5.74, 6) is 5.83. The molecule has 1 aromatic rings. The molecule has 0 aliphatic heterocycles. The number of rotatable bonds is 3. The zero-order valence-corrected chi connectivity index (χ0v) is 9.57. The lowest BCUT2D eigenvalue weighted by molar-refractivity contribution is 1.25. The SMILES string of the molecule is CSc1ccc(CSC(N)=NN)cc1. The van der Waals surface area contributed by atoms with E-state index in [0.717, 1.165) is 5.75 Å². The molecule has 14 heavy (non-hydrogen) atoms. The van der Waals surface area contributed by atoms with Gasteiger partial charge < -0.3 is 11.6 Å². The van der Waals surface area contributed by atoms with Gasteiger partial charge in [0.25, 0.3) is 0 Å². The molecule has 0 bridgehead atoms. The monoisotopic (exact) mass is 227 g/mol. The molecule has 0 aromatic heterocycles. The predicted molar refractivity (Wildman–Crippen MR) is 65.3 cm³/mol. The van der Waals surface area contributed by atoms with Crippen molar-refractivity contribution in [2.75, 3.05) is 6.26 Å². The number of hydrazone groups is 1. The van der Waals surface area contributed by atoms with Crippen molar-refractivity contribution >= 4 is 28.7 Å². The first-order chi connectivity index (χ1) is 6.76. The fourth-order valence-corrected chi connectivity index (χ4v) is 1.91. The van der Waals surface area contributed by atoms with Gasteiger partial charge in [-0.3, -0.25) is 0 Å². The van der Waals surface area contributed by atoms with Crippen LogP contribution in [0.25, 0.3) is 0 Å². The Balaban J connectivity index is 2.52. The van der Waals surface area contributed by atoms with E-state index in [-0.39, 0.29) is 0 Å². The van der Waals surface area contributed by atoms with Crippen LogP contribution in [0.1, 0.15) is 5.56 Å². The molecular formula is C9H13N3S2. The molecule has 0 fully saturated rings.